The van der Waals surface area contributed by atoms with Crippen LogP contribution in [0.2, 0.25) is 0 Å². The monoisotopic (exact) mass is 405 g/mol. The lowest BCUT2D eigenvalue weighted by molar-refractivity contribution is -0.113. The van der Waals surface area contributed by atoms with Crippen LogP contribution >= 0.6 is 15.9 Å². The molecule has 0 amide bonds. The fourth-order valence-corrected chi connectivity index (χ4v) is 4.78. The van der Waals surface area contributed by atoms with Gasteiger partial charge in [0.1, 0.15) is 0 Å². The average molecular weight is 406 g/mol. The minimum Gasteiger partial charge on any atom is -0.388 e. The van der Waals surface area contributed by atoms with E-state index in [1.165, 1.54) is 0 Å². The molecule has 0 radical (unpaired) electrons. The number of benzene rings is 1. The molecule has 1 heterocycles. The van der Waals surface area contributed by atoms with E-state index in [0.717, 1.165) is 10.0 Å². The van der Waals surface area contributed by atoms with Crippen molar-refractivity contribution in [2.45, 2.75) is 63.2 Å². The first-order chi connectivity index (χ1) is 10.5. The maximum absolute atomic E-state index is 12.6. The van der Waals surface area contributed by atoms with Crippen LogP contribution < -0.4 is 4.72 Å². The summed E-state index contributed by atoms with van der Waals surface area (Å²) in [6.45, 7) is 7.38. The van der Waals surface area contributed by atoms with Crippen LogP contribution in [-0.4, -0.2) is 37.9 Å². The predicted octanol–water partition coefficient (Wildman–Crippen LogP) is 2.66. The molecular weight excluding hydrogens is 382 g/mol. The predicted molar refractivity (Wildman–Crippen MR) is 93.0 cm³/mol. The van der Waals surface area contributed by atoms with Gasteiger partial charge in [-0.2, -0.15) is 0 Å². The Kier molecular flexibility index (Phi) is 5.58. The molecule has 1 unspecified atom stereocenters. The molecule has 7 heteroatoms. The smallest absolute Gasteiger partial charge is 0.241 e. The van der Waals surface area contributed by atoms with E-state index in [1.807, 2.05) is 13.0 Å². The number of aliphatic hydroxyl groups is 1. The van der Waals surface area contributed by atoms with Crippen LogP contribution in [0.1, 0.15) is 37.8 Å². The summed E-state index contributed by atoms with van der Waals surface area (Å²) >= 11 is 3.38. The standard InChI is InChI=1S/C16H24BrNO4S/c1-10-7-11(2)14(8-13(10)17)23(20,21)18-12-5-6-15(22-9-12)16(3,4)19/h7-8,12,15,18-19H,5-6,9H2,1-4H3/t12-,15?/m1/s1. The van der Waals surface area contributed by atoms with Crippen LogP contribution in [0.5, 0.6) is 0 Å². The Morgan fingerprint density at radius 3 is 2.43 bits per heavy atom. The Bertz CT molecular complexity index is 674. The second-order valence-electron chi connectivity index (χ2n) is 6.74. The van der Waals surface area contributed by atoms with Crippen LogP contribution in [0.4, 0.5) is 0 Å². The molecule has 1 aliphatic heterocycles. The van der Waals surface area contributed by atoms with Gasteiger partial charge in [-0.3, -0.25) is 0 Å². The first-order valence-electron chi connectivity index (χ1n) is 7.64. The number of nitrogens with one attached hydrogen (secondary N) is 1. The van der Waals surface area contributed by atoms with Crippen LogP contribution in [0.15, 0.2) is 21.5 Å². The van der Waals surface area contributed by atoms with Gasteiger partial charge < -0.3 is 9.84 Å². The zero-order valence-corrected chi connectivity index (χ0v) is 16.3. The Morgan fingerprint density at radius 2 is 1.91 bits per heavy atom. The van der Waals surface area contributed by atoms with E-state index in [-0.39, 0.29) is 23.6 Å². The summed E-state index contributed by atoms with van der Waals surface area (Å²) in [5.41, 5.74) is 0.794. The second-order valence-corrected chi connectivity index (χ2v) is 9.27. The SMILES string of the molecule is Cc1cc(C)c(S(=O)(=O)N[C@@H]2CCC(C(C)(C)O)OC2)cc1Br. The number of halogens is 1. The van der Waals surface area contributed by atoms with E-state index < -0.39 is 15.6 Å². The van der Waals surface area contributed by atoms with Crippen molar-refractivity contribution in [2.24, 2.45) is 0 Å². The van der Waals surface area contributed by atoms with Crippen molar-refractivity contribution in [1.29, 1.82) is 0 Å². The van der Waals surface area contributed by atoms with E-state index in [4.69, 9.17) is 4.74 Å². The zero-order chi connectivity index (χ0) is 17.4. The first kappa shape index (κ1) is 18.9. The van der Waals surface area contributed by atoms with Crippen LogP contribution in [-0.2, 0) is 14.8 Å². The number of sulfonamides is 1. The first-order valence-corrected chi connectivity index (χ1v) is 9.91. The van der Waals surface area contributed by atoms with Gasteiger partial charge in [0.25, 0.3) is 0 Å². The molecule has 0 aromatic heterocycles. The average Bonchev–Trinajstić information content (AvgIpc) is 2.41. The van der Waals surface area contributed by atoms with Gasteiger partial charge in [0.2, 0.25) is 10.0 Å². The molecule has 1 aliphatic rings. The molecule has 2 atom stereocenters. The molecule has 1 fully saturated rings. The zero-order valence-electron chi connectivity index (χ0n) is 13.9. The third kappa shape index (κ3) is 4.54. The van der Waals surface area contributed by atoms with Gasteiger partial charge >= 0.3 is 0 Å². The Balaban J connectivity index is 2.10. The molecule has 23 heavy (non-hydrogen) atoms. The fourth-order valence-electron chi connectivity index (χ4n) is 2.78. The molecule has 0 saturated carbocycles. The molecule has 0 spiro atoms. The molecule has 130 valence electrons. The highest BCUT2D eigenvalue weighted by molar-refractivity contribution is 9.10. The Labute approximate surface area is 146 Å². The summed E-state index contributed by atoms with van der Waals surface area (Å²) in [5, 5.41) is 9.96. The lowest BCUT2D eigenvalue weighted by atomic mass is 9.93. The highest BCUT2D eigenvalue weighted by Gasteiger charge is 2.34. The second kappa shape index (κ2) is 6.80. The van der Waals surface area contributed by atoms with Crippen molar-refractivity contribution in [2.75, 3.05) is 6.61 Å². The Hall–Kier alpha value is -0.470. The molecule has 0 aliphatic carbocycles. The van der Waals surface area contributed by atoms with E-state index in [9.17, 15) is 13.5 Å². The van der Waals surface area contributed by atoms with Gasteiger partial charge in [-0.25, -0.2) is 13.1 Å². The van der Waals surface area contributed by atoms with E-state index in [2.05, 4.69) is 20.7 Å². The van der Waals surface area contributed by atoms with Crippen LogP contribution in [0.3, 0.4) is 0 Å². The van der Waals surface area contributed by atoms with Crippen molar-refractivity contribution in [3.63, 3.8) is 0 Å². The summed E-state index contributed by atoms with van der Waals surface area (Å²) in [5.74, 6) is 0. The molecule has 2 N–H and O–H groups in total. The number of rotatable bonds is 4. The van der Waals surface area contributed by atoms with Gasteiger partial charge in [0.15, 0.2) is 0 Å². The molecule has 1 aromatic carbocycles. The summed E-state index contributed by atoms with van der Waals surface area (Å²) in [6, 6.07) is 3.20. The van der Waals surface area contributed by atoms with Crippen molar-refractivity contribution >= 4 is 26.0 Å². The van der Waals surface area contributed by atoms with E-state index >= 15 is 0 Å². The highest BCUT2D eigenvalue weighted by Crippen LogP contribution is 2.27. The van der Waals surface area contributed by atoms with Crippen molar-refractivity contribution in [1.82, 2.24) is 4.72 Å². The van der Waals surface area contributed by atoms with Gasteiger partial charge in [-0.05, 0) is 57.7 Å². The van der Waals surface area contributed by atoms with Gasteiger partial charge in [-0.1, -0.05) is 22.0 Å². The van der Waals surface area contributed by atoms with E-state index in [1.54, 1.807) is 26.8 Å². The maximum Gasteiger partial charge on any atom is 0.241 e. The largest absolute Gasteiger partial charge is 0.388 e. The molecule has 1 aromatic rings. The molecule has 1 saturated heterocycles. The lowest BCUT2D eigenvalue weighted by Gasteiger charge is -2.36. The summed E-state index contributed by atoms with van der Waals surface area (Å²) in [6.07, 6.45) is 0.992. The van der Waals surface area contributed by atoms with Gasteiger partial charge in [-0.15, -0.1) is 0 Å². The molecule has 0 bridgehead atoms. The number of aryl methyl sites for hydroxylation is 2. The molecule has 2 rings (SSSR count). The Morgan fingerprint density at radius 1 is 1.26 bits per heavy atom. The maximum atomic E-state index is 12.6. The highest BCUT2D eigenvalue weighted by atomic mass is 79.9. The minimum atomic E-state index is -3.61. The minimum absolute atomic E-state index is 0.264. The number of ether oxygens (including phenoxy) is 1. The normalized spacial score (nSPS) is 23.0. The quantitative estimate of drug-likeness (QED) is 0.806. The third-order valence-electron chi connectivity index (χ3n) is 4.13. The summed E-state index contributed by atoms with van der Waals surface area (Å²) in [4.78, 5) is 0.277. The van der Waals surface area contributed by atoms with Crippen molar-refractivity contribution in [3.8, 4) is 0 Å². The van der Waals surface area contributed by atoms with Gasteiger partial charge in [0, 0.05) is 10.5 Å². The number of hydrogen-bond acceptors (Lipinski definition) is 4. The van der Waals surface area contributed by atoms with Crippen LogP contribution in [0.25, 0.3) is 0 Å². The van der Waals surface area contributed by atoms with Crippen molar-refractivity contribution in [3.05, 3.63) is 27.7 Å². The molecule has 5 nitrogen and oxygen atoms in total. The summed E-state index contributed by atoms with van der Waals surface area (Å²) < 4.78 is 34.4. The summed E-state index contributed by atoms with van der Waals surface area (Å²) in [7, 11) is -3.61. The van der Waals surface area contributed by atoms with Gasteiger partial charge in [0.05, 0.1) is 23.2 Å². The third-order valence-corrected chi connectivity index (χ3v) is 6.65. The lowest BCUT2D eigenvalue weighted by Crippen LogP contribution is -2.48. The topological polar surface area (TPSA) is 75.6 Å². The number of hydrogen-bond donors (Lipinski definition) is 2. The van der Waals surface area contributed by atoms with E-state index in [0.29, 0.717) is 18.4 Å². The molecular formula is C16H24BrNO4S. The van der Waals surface area contributed by atoms with Crippen LogP contribution in [0, 0.1) is 13.8 Å². The fraction of sp³-hybridized carbons (Fsp3) is 0.625. The van der Waals surface area contributed by atoms with Crippen molar-refractivity contribution < 1.29 is 18.3 Å².